The van der Waals surface area contributed by atoms with E-state index >= 15 is 0 Å². The monoisotopic (exact) mass is 1050 g/mol. The fourth-order valence-corrected chi connectivity index (χ4v) is 17.2. The summed E-state index contributed by atoms with van der Waals surface area (Å²) in [5.74, 6) is 0. The van der Waals surface area contributed by atoms with E-state index in [1.807, 2.05) is 13.8 Å². The van der Waals surface area contributed by atoms with Crippen LogP contribution in [0.5, 0.6) is 0 Å². The van der Waals surface area contributed by atoms with Crippen molar-refractivity contribution in [3.05, 3.63) is 260 Å². The highest BCUT2D eigenvalue weighted by Crippen LogP contribution is 2.73. The summed E-state index contributed by atoms with van der Waals surface area (Å²) in [4.78, 5) is 5.24. The molecule has 15 rings (SSSR count). The first-order valence-electron chi connectivity index (χ1n) is 28.6. The predicted octanol–water partition coefficient (Wildman–Crippen LogP) is 19.0. The molecule has 2 aliphatic rings. The van der Waals surface area contributed by atoms with Crippen LogP contribution in [0.25, 0.3) is 88.4 Å². The molecule has 2 aliphatic heterocycles. The van der Waals surface area contributed by atoms with Crippen LogP contribution in [0.1, 0.15) is 66.5 Å². The van der Waals surface area contributed by atoms with E-state index in [4.69, 9.17) is 0 Å². The Kier molecular flexibility index (Phi) is 11.7. The number of nitrogens with zero attached hydrogens (tertiary/aromatic N) is 2. The van der Waals surface area contributed by atoms with Gasteiger partial charge in [-0.1, -0.05) is 207 Å². The zero-order valence-corrected chi connectivity index (χ0v) is 47.9. The van der Waals surface area contributed by atoms with E-state index in [0.717, 1.165) is 0 Å². The summed E-state index contributed by atoms with van der Waals surface area (Å²) in [7, 11) is -1.95. The number of hydrogen-bond acceptors (Lipinski definition) is 0. The number of hydrogen-bond donors (Lipinski definition) is 0. The lowest BCUT2D eigenvalue weighted by molar-refractivity contribution is 0.591. The topological polar surface area (TPSA) is 9.86 Å². The Bertz CT molecular complexity index is 4240. The van der Waals surface area contributed by atoms with Gasteiger partial charge in [-0.25, -0.2) is 0 Å². The van der Waals surface area contributed by atoms with Crippen LogP contribution in [0.4, 0.5) is 0 Å². The molecule has 0 spiro atoms. The molecule has 0 aliphatic carbocycles. The molecule has 13 aromatic rings. The average molecular weight is 1050 g/mol. The second-order valence-corrected chi connectivity index (χ2v) is 26.8. The number of benzene rings is 11. The van der Waals surface area contributed by atoms with E-state index in [1.165, 1.54) is 135 Å². The minimum Gasteiger partial charge on any atom is -0.310 e. The lowest BCUT2D eigenvalue weighted by Gasteiger charge is -2.42. The van der Waals surface area contributed by atoms with E-state index in [-0.39, 0.29) is 17.5 Å². The summed E-state index contributed by atoms with van der Waals surface area (Å²) in [5.41, 5.74) is 21.5. The molecule has 388 valence electrons. The summed E-state index contributed by atoms with van der Waals surface area (Å²) in [5, 5.41) is 5.18. The number of aromatic nitrogens is 2. The Labute approximate surface area is 473 Å². The Morgan fingerprint density at radius 3 is 1.07 bits per heavy atom. The minimum atomic E-state index is -1.95. The maximum Gasteiger partial charge on any atom is 0.252 e. The molecule has 80 heavy (non-hydrogen) atoms. The van der Waals surface area contributed by atoms with Crippen LogP contribution in [0.3, 0.4) is 0 Å². The predicted molar refractivity (Wildman–Crippen MR) is 345 cm³/mol. The van der Waals surface area contributed by atoms with Gasteiger partial charge < -0.3 is 9.13 Å². The van der Waals surface area contributed by atoms with Crippen LogP contribution in [-0.2, 0) is 10.8 Å². The highest BCUT2D eigenvalue weighted by Gasteiger charge is 2.42. The third-order valence-corrected chi connectivity index (χ3v) is 21.0. The van der Waals surface area contributed by atoms with Crippen molar-refractivity contribution >= 4 is 76.7 Å². The van der Waals surface area contributed by atoms with Crippen molar-refractivity contribution in [1.29, 1.82) is 0 Å². The van der Waals surface area contributed by atoms with Crippen molar-refractivity contribution in [2.75, 3.05) is 0 Å². The van der Waals surface area contributed by atoms with E-state index < -0.39 is 10.0 Å². The molecule has 11 aromatic carbocycles. The molecule has 0 amide bonds. The van der Waals surface area contributed by atoms with Gasteiger partial charge in [0.25, 0.3) is 6.71 Å². The van der Waals surface area contributed by atoms with Gasteiger partial charge in [-0.15, -0.1) is 10.0 Å². The van der Waals surface area contributed by atoms with Crippen molar-refractivity contribution in [1.82, 2.24) is 9.13 Å². The van der Waals surface area contributed by atoms with Crippen LogP contribution >= 0.6 is 10.0 Å². The van der Waals surface area contributed by atoms with Gasteiger partial charge in [0, 0.05) is 63.5 Å². The molecule has 0 atom stereocenters. The Morgan fingerprint density at radius 2 is 0.675 bits per heavy atom. The highest BCUT2D eigenvalue weighted by molar-refractivity contribution is 8.34. The molecule has 4 heteroatoms. The molecule has 0 N–H and O–H groups in total. The smallest absolute Gasteiger partial charge is 0.252 e. The molecule has 4 heterocycles. The number of rotatable bonds is 7. The third-order valence-electron chi connectivity index (χ3n) is 17.1. The van der Waals surface area contributed by atoms with Gasteiger partial charge >= 0.3 is 0 Å². The van der Waals surface area contributed by atoms with E-state index in [2.05, 4.69) is 299 Å². The van der Waals surface area contributed by atoms with Crippen molar-refractivity contribution < 1.29 is 0 Å². The fraction of sp³-hybridized carbons (Fsp3) is 0.132. The Balaban J connectivity index is 0.00000285. The normalized spacial score (nSPS) is 12.9. The van der Waals surface area contributed by atoms with Gasteiger partial charge in [-0.3, -0.25) is 0 Å². The summed E-state index contributed by atoms with van der Waals surface area (Å²) in [6.45, 7) is 18.0. The van der Waals surface area contributed by atoms with Gasteiger partial charge in [0.1, 0.15) is 0 Å². The average Bonchev–Trinajstić information content (AvgIpc) is 4.18. The van der Waals surface area contributed by atoms with Crippen molar-refractivity contribution in [3.63, 3.8) is 0 Å². The summed E-state index contributed by atoms with van der Waals surface area (Å²) in [6, 6.07) is 95.1. The minimum absolute atomic E-state index is 0.0330. The molecule has 0 saturated carbocycles. The first kappa shape index (κ1) is 49.7. The largest absolute Gasteiger partial charge is 0.310 e. The van der Waals surface area contributed by atoms with Gasteiger partial charge in [0.2, 0.25) is 0 Å². The Hall–Kier alpha value is -8.57. The van der Waals surface area contributed by atoms with Gasteiger partial charge in [0.15, 0.2) is 0 Å². The second-order valence-electron chi connectivity index (χ2n) is 23.7. The van der Waals surface area contributed by atoms with Gasteiger partial charge in [-0.2, -0.15) is 0 Å². The van der Waals surface area contributed by atoms with Crippen LogP contribution in [0.15, 0.2) is 268 Å². The first-order valence-corrected chi connectivity index (χ1v) is 30.2. The molecule has 0 radical (unpaired) electrons. The zero-order valence-electron chi connectivity index (χ0n) is 47.1. The van der Waals surface area contributed by atoms with Crippen LogP contribution in [0, 0.1) is 0 Å². The highest BCUT2D eigenvalue weighted by atomic mass is 32.3. The van der Waals surface area contributed by atoms with Crippen LogP contribution < -0.4 is 16.4 Å². The maximum absolute atomic E-state index is 2.66. The van der Waals surface area contributed by atoms with Crippen LogP contribution in [0.2, 0.25) is 0 Å². The van der Waals surface area contributed by atoms with E-state index in [9.17, 15) is 0 Å². The van der Waals surface area contributed by atoms with Gasteiger partial charge in [0.05, 0.1) is 11.0 Å². The lowest BCUT2D eigenvalue weighted by Crippen LogP contribution is -2.59. The van der Waals surface area contributed by atoms with Crippen molar-refractivity contribution in [3.8, 4) is 44.8 Å². The third kappa shape index (κ3) is 7.56. The van der Waals surface area contributed by atoms with Gasteiger partial charge in [-0.05, 0) is 169 Å². The fourth-order valence-electron chi connectivity index (χ4n) is 13.3. The molecule has 2 nitrogen and oxygen atoms in total. The number of fused-ring (bicyclic) bond motifs is 10. The molecule has 0 saturated heterocycles. The maximum atomic E-state index is 2.66. The Morgan fingerprint density at radius 1 is 0.312 bits per heavy atom. The van der Waals surface area contributed by atoms with Crippen LogP contribution in [-0.4, -0.2) is 15.8 Å². The van der Waals surface area contributed by atoms with Crippen molar-refractivity contribution in [2.45, 2.75) is 85.8 Å². The SMILES string of the molecule is CC.CC(C)(C)c1ccc2c(c1)c1cc(-c3ccccc3)cc3c1n2-c1cc(-c2cccc(S(c4ccccc4)(c4ccccc4)c4ccccc4)c2)cc2c1B3c1cc(-c3ccccc3)cc3c4cc(C(C)(C)C)ccc4n-2c13. The summed E-state index contributed by atoms with van der Waals surface area (Å²) < 4.78 is 5.31. The van der Waals surface area contributed by atoms with Crippen molar-refractivity contribution in [2.24, 2.45) is 0 Å². The zero-order chi connectivity index (χ0) is 54.7. The lowest BCUT2D eigenvalue weighted by atomic mass is 9.34. The summed E-state index contributed by atoms with van der Waals surface area (Å²) >= 11 is 0. The van der Waals surface area contributed by atoms with E-state index in [1.54, 1.807) is 0 Å². The quantitative estimate of drug-likeness (QED) is 0.141. The molecular weight excluding hydrogens is 984 g/mol. The molecular formula is C76H65BN2S. The molecule has 0 unspecified atom stereocenters. The standard InChI is InChI=1S/C74H59BN2S.C2H6/c1-73(2,3)54-35-37-66-60(46-54)62-40-51(48-23-12-7-13-24-48)42-64-71(62)76(66)68-44-53(50-27-22-34-59(39-50)78(56-28-16-9-17-29-56,57-30-18-10-19-31-57)58-32-20-11-21-33-58)45-69-70(68)75(64)65-43-52(49-25-14-8-15-26-49)41-63-61-47-55(74(4,5)6)36-38-67(61)77(69)72(63)65;1-2/h7-47H,1-6H3;1-2H3. The molecule has 0 fully saturated rings. The molecule has 2 aromatic heterocycles. The summed E-state index contributed by atoms with van der Waals surface area (Å²) in [6.07, 6.45) is 0. The first-order chi connectivity index (χ1) is 38.9. The second kappa shape index (κ2) is 18.8. The van der Waals surface area contributed by atoms with E-state index in [0.29, 0.717) is 0 Å². The molecule has 0 bridgehead atoms.